The van der Waals surface area contributed by atoms with Gasteiger partial charge in [0.2, 0.25) is 0 Å². The highest BCUT2D eigenvalue weighted by atomic mass is 35.5. The second-order valence-electron chi connectivity index (χ2n) is 6.41. The van der Waals surface area contributed by atoms with Gasteiger partial charge in [-0.1, -0.05) is 29.3 Å². The van der Waals surface area contributed by atoms with Gasteiger partial charge in [-0.3, -0.25) is 9.59 Å². The third-order valence-corrected chi connectivity index (χ3v) is 4.61. The Hall–Kier alpha value is -3.09. The fourth-order valence-electron chi connectivity index (χ4n) is 2.63. The average molecular weight is 447 g/mol. The van der Waals surface area contributed by atoms with Gasteiger partial charge in [0.15, 0.2) is 6.61 Å². The molecule has 0 unspecified atom stereocenters. The fourth-order valence-corrected chi connectivity index (χ4v) is 3.04. The van der Waals surface area contributed by atoms with Crippen molar-refractivity contribution in [3.8, 4) is 5.75 Å². The summed E-state index contributed by atoms with van der Waals surface area (Å²) in [6.45, 7) is 1.63. The number of carbonyl (C=O) groups is 2. The smallest absolute Gasteiger partial charge is 0.262 e. The van der Waals surface area contributed by atoms with E-state index in [-0.39, 0.29) is 17.5 Å². The van der Waals surface area contributed by atoms with E-state index in [9.17, 15) is 14.0 Å². The molecule has 0 aliphatic rings. The zero-order chi connectivity index (χ0) is 21.7. The number of hydrogen-bond donors (Lipinski definition) is 2. The molecule has 0 atom stereocenters. The molecule has 0 aliphatic heterocycles. The monoisotopic (exact) mass is 446 g/mol. The second-order valence-corrected chi connectivity index (χ2v) is 7.25. The van der Waals surface area contributed by atoms with Crippen LogP contribution < -0.4 is 15.4 Å². The number of rotatable bonds is 6. The second kappa shape index (κ2) is 9.61. The summed E-state index contributed by atoms with van der Waals surface area (Å²) in [7, 11) is 0. The number of aryl methyl sites for hydroxylation is 1. The zero-order valence-corrected chi connectivity index (χ0v) is 17.4. The molecule has 3 aromatic rings. The van der Waals surface area contributed by atoms with Gasteiger partial charge in [-0.15, -0.1) is 0 Å². The first kappa shape index (κ1) is 21.6. The highest BCUT2D eigenvalue weighted by molar-refractivity contribution is 6.31. The Bertz CT molecular complexity index is 1110. The van der Waals surface area contributed by atoms with Crippen molar-refractivity contribution in [2.24, 2.45) is 0 Å². The van der Waals surface area contributed by atoms with Crippen molar-refractivity contribution in [1.82, 2.24) is 0 Å². The van der Waals surface area contributed by atoms with Crippen LogP contribution in [0.1, 0.15) is 15.9 Å². The van der Waals surface area contributed by atoms with Crippen LogP contribution in [0.3, 0.4) is 0 Å². The van der Waals surface area contributed by atoms with Crippen LogP contribution in [0.4, 0.5) is 15.8 Å². The van der Waals surface area contributed by atoms with Crippen molar-refractivity contribution < 1.29 is 18.7 Å². The van der Waals surface area contributed by atoms with Crippen LogP contribution in [-0.4, -0.2) is 18.4 Å². The van der Waals surface area contributed by atoms with Gasteiger partial charge in [-0.2, -0.15) is 0 Å². The summed E-state index contributed by atoms with van der Waals surface area (Å²) in [4.78, 5) is 24.6. The quantitative estimate of drug-likeness (QED) is 0.509. The number of ether oxygens (including phenoxy) is 1. The summed E-state index contributed by atoms with van der Waals surface area (Å²) < 4.78 is 18.8. The predicted molar refractivity (Wildman–Crippen MR) is 116 cm³/mol. The number of amides is 2. The Kier molecular flexibility index (Phi) is 6.92. The van der Waals surface area contributed by atoms with E-state index in [0.717, 1.165) is 11.6 Å². The molecule has 0 aliphatic carbocycles. The summed E-state index contributed by atoms with van der Waals surface area (Å²) in [5.41, 5.74) is 1.91. The van der Waals surface area contributed by atoms with Crippen LogP contribution >= 0.6 is 23.2 Å². The largest absolute Gasteiger partial charge is 0.483 e. The molecular weight excluding hydrogens is 430 g/mol. The molecule has 5 nitrogen and oxygen atoms in total. The number of carbonyl (C=O) groups excluding carboxylic acids is 2. The number of benzene rings is 3. The lowest BCUT2D eigenvalue weighted by Gasteiger charge is -2.11. The van der Waals surface area contributed by atoms with E-state index >= 15 is 0 Å². The molecule has 3 rings (SSSR count). The summed E-state index contributed by atoms with van der Waals surface area (Å²) in [6.07, 6.45) is 0. The molecule has 3 aromatic carbocycles. The minimum Gasteiger partial charge on any atom is -0.483 e. The molecule has 8 heteroatoms. The SMILES string of the molecule is Cc1cc(Cl)ccc1OCC(=O)Nc1cccc(C(=O)Nc2ccc(F)c(Cl)c2)c1. The van der Waals surface area contributed by atoms with Gasteiger partial charge in [0.1, 0.15) is 11.6 Å². The highest BCUT2D eigenvalue weighted by Crippen LogP contribution is 2.22. The molecule has 0 saturated carbocycles. The first-order chi connectivity index (χ1) is 14.3. The Morgan fingerprint density at radius 2 is 1.73 bits per heavy atom. The van der Waals surface area contributed by atoms with E-state index in [2.05, 4.69) is 10.6 Å². The van der Waals surface area contributed by atoms with Crippen molar-refractivity contribution in [2.75, 3.05) is 17.2 Å². The number of halogens is 3. The van der Waals surface area contributed by atoms with E-state index in [1.165, 1.54) is 18.2 Å². The van der Waals surface area contributed by atoms with Gasteiger partial charge < -0.3 is 15.4 Å². The van der Waals surface area contributed by atoms with Crippen LogP contribution in [0, 0.1) is 12.7 Å². The Labute approximate surface area is 182 Å². The number of nitrogens with one attached hydrogen (secondary N) is 2. The molecule has 2 amide bonds. The van der Waals surface area contributed by atoms with Crippen molar-refractivity contribution >= 4 is 46.4 Å². The molecular formula is C22H17Cl2FN2O3. The van der Waals surface area contributed by atoms with Crippen LogP contribution in [0.5, 0.6) is 5.75 Å². The Morgan fingerprint density at radius 3 is 2.47 bits per heavy atom. The molecule has 0 saturated heterocycles. The normalized spacial score (nSPS) is 10.4. The standard InChI is InChI=1S/C22H17Cl2FN2O3/c1-13-9-15(23)5-8-20(13)30-12-21(28)26-16-4-2-3-14(10-16)22(29)27-17-6-7-19(25)18(24)11-17/h2-11H,12H2,1H3,(H,26,28)(H,27,29). The number of anilines is 2. The predicted octanol–water partition coefficient (Wildman–Crippen LogP) is 5.71. The van der Waals surface area contributed by atoms with E-state index in [1.54, 1.807) is 36.4 Å². The van der Waals surface area contributed by atoms with Gasteiger partial charge in [-0.25, -0.2) is 4.39 Å². The minimum atomic E-state index is -0.574. The molecule has 0 aromatic heterocycles. The van der Waals surface area contributed by atoms with Crippen molar-refractivity contribution in [2.45, 2.75) is 6.92 Å². The zero-order valence-electron chi connectivity index (χ0n) is 15.8. The van der Waals surface area contributed by atoms with Crippen LogP contribution in [0.25, 0.3) is 0 Å². The molecule has 0 radical (unpaired) electrons. The highest BCUT2D eigenvalue weighted by Gasteiger charge is 2.11. The van der Waals surface area contributed by atoms with Crippen molar-refractivity contribution in [1.29, 1.82) is 0 Å². The Morgan fingerprint density at radius 1 is 0.967 bits per heavy atom. The van der Waals surface area contributed by atoms with Gasteiger partial charge in [0, 0.05) is 22.0 Å². The lowest BCUT2D eigenvalue weighted by atomic mass is 10.2. The molecule has 0 bridgehead atoms. The molecule has 0 spiro atoms. The summed E-state index contributed by atoms with van der Waals surface area (Å²) in [5.74, 6) is -0.829. The molecule has 0 fully saturated rings. The number of hydrogen-bond acceptors (Lipinski definition) is 3. The summed E-state index contributed by atoms with van der Waals surface area (Å²) >= 11 is 11.6. The fraction of sp³-hybridized carbons (Fsp3) is 0.0909. The maximum Gasteiger partial charge on any atom is 0.262 e. The van der Waals surface area contributed by atoms with Crippen molar-refractivity contribution in [3.63, 3.8) is 0 Å². The van der Waals surface area contributed by atoms with Crippen LogP contribution in [0.15, 0.2) is 60.7 Å². The lowest BCUT2D eigenvalue weighted by molar-refractivity contribution is -0.118. The van der Waals surface area contributed by atoms with E-state index < -0.39 is 11.7 Å². The summed E-state index contributed by atoms with van der Waals surface area (Å²) in [5, 5.41) is 5.80. The van der Waals surface area contributed by atoms with Gasteiger partial charge in [0.05, 0.1) is 5.02 Å². The molecule has 2 N–H and O–H groups in total. The van der Waals surface area contributed by atoms with Gasteiger partial charge >= 0.3 is 0 Å². The van der Waals surface area contributed by atoms with Gasteiger partial charge in [0.25, 0.3) is 11.8 Å². The molecule has 0 heterocycles. The maximum atomic E-state index is 13.2. The first-order valence-electron chi connectivity index (χ1n) is 8.87. The third kappa shape index (κ3) is 5.72. The summed E-state index contributed by atoms with van der Waals surface area (Å²) in [6, 6.07) is 15.4. The minimum absolute atomic E-state index is 0.0928. The third-order valence-electron chi connectivity index (χ3n) is 4.08. The maximum absolute atomic E-state index is 13.2. The van der Waals surface area contributed by atoms with Crippen molar-refractivity contribution in [3.05, 3.63) is 87.7 Å². The average Bonchev–Trinajstić information content (AvgIpc) is 2.70. The van der Waals surface area contributed by atoms with Gasteiger partial charge in [-0.05, 0) is 67.1 Å². The molecule has 30 heavy (non-hydrogen) atoms. The first-order valence-corrected chi connectivity index (χ1v) is 9.62. The van der Waals surface area contributed by atoms with E-state index in [4.69, 9.17) is 27.9 Å². The Balaban J connectivity index is 1.60. The van der Waals surface area contributed by atoms with Crippen LogP contribution in [0.2, 0.25) is 10.0 Å². The lowest BCUT2D eigenvalue weighted by Crippen LogP contribution is -2.21. The van der Waals surface area contributed by atoms with E-state index in [1.807, 2.05) is 6.92 Å². The van der Waals surface area contributed by atoms with Crippen LogP contribution in [-0.2, 0) is 4.79 Å². The molecule has 154 valence electrons. The van der Waals surface area contributed by atoms with E-state index in [0.29, 0.717) is 27.7 Å². The topological polar surface area (TPSA) is 67.4 Å².